The van der Waals surface area contributed by atoms with Crippen LogP contribution in [0, 0.1) is 13.8 Å². The summed E-state index contributed by atoms with van der Waals surface area (Å²) in [6.07, 6.45) is 0.328. The number of benzene rings is 1. The van der Waals surface area contributed by atoms with E-state index in [1.807, 2.05) is 55.8 Å². The lowest BCUT2D eigenvalue weighted by Crippen LogP contribution is -2.38. The lowest BCUT2D eigenvalue weighted by atomic mass is 10.1. The number of rotatable bonds is 5. The molecule has 0 spiro atoms. The van der Waals surface area contributed by atoms with Gasteiger partial charge in [-0.05, 0) is 32.9 Å². The predicted octanol–water partition coefficient (Wildman–Crippen LogP) is 1.50. The molecular weight excluding hydrogens is 264 g/mol. The first-order chi connectivity index (χ1) is 10.0. The fourth-order valence-electron chi connectivity index (χ4n) is 2.30. The lowest BCUT2D eigenvalue weighted by molar-refractivity contribution is -0.121. The van der Waals surface area contributed by atoms with Crippen LogP contribution in [0.15, 0.2) is 30.3 Å². The Bertz CT molecular complexity index is 619. The van der Waals surface area contributed by atoms with E-state index in [0.29, 0.717) is 13.0 Å². The second-order valence-corrected chi connectivity index (χ2v) is 5.28. The Morgan fingerprint density at radius 1 is 1.33 bits per heavy atom. The Balaban J connectivity index is 2.22. The Hall–Kier alpha value is -2.14. The Morgan fingerprint density at radius 3 is 2.62 bits per heavy atom. The van der Waals surface area contributed by atoms with Crippen molar-refractivity contribution < 1.29 is 4.79 Å². The van der Waals surface area contributed by atoms with Crippen LogP contribution in [0.25, 0.3) is 5.69 Å². The Labute approximate surface area is 125 Å². The van der Waals surface area contributed by atoms with Crippen molar-refractivity contribution in [3.05, 3.63) is 47.3 Å². The van der Waals surface area contributed by atoms with Crippen LogP contribution in [0.5, 0.6) is 0 Å². The summed E-state index contributed by atoms with van der Waals surface area (Å²) in [5, 5.41) is 7.43. The van der Waals surface area contributed by atoms with Gasteiger partial charge in [0.15, 0.2) is 0 Å². The molecule has 1 atom stereocenters. The molecule has 2 aromatic rings. The van der Waals surface area contributed by atoms with E-state index in [2.05, 4.69) is 10.4 Å². The van der Waals surface area contributed by atoms with E-state index < -0.39 is 0 Å². The molecule has 1 aromatic carbocycles. The first kappa shape index (κ1) is 15.3. The summed E-state index contributed by atoms with van der Waals surface area (Å²) in [5.41, 5.74) is 9.37. The third-order valence-electron chi connectivity index (χ3n) is 3.54. The highest BCUT2D eigenvalue weighted by Gasteiger charge is 2.16. The second-order valence-electron chi connectivity index (χ2n) is 5.28. The van der Waals surface area contributed by atoms with Gasteiger partial charge in [-0.1, -0.05) is 18.2 Å². The fraction of sp³-hybridized carbons (Fsp3) is 0.375. The zero-order valence-corrected chi connectivity index (χ0v) is 12.8. The smallest absolute Gasteiger partial charge is 0.224 e. The number of hydrogen-bond acceptors (Lipinski definition) is 3. The number of carbonyl (C=O) groups excluding carboxylic acids is 1. The number of hydrogen-bond donors (Lipinski definition) is 2. The number of aryl methyl sites for hydroxylation is 1. The number of amides is 1. The summed E-state index contributed by atoms with van der Waals surface area (Å²) in [6.45, 7) is 6.25. The average molecular weight is 286 g/mol. The highest BCUT2D eigenvalue weighted by molar-refractivity contribution is 5.79. The van der Waals surface area contributed by atoms with Crippen molar-refractivity contribution in [1.29, 1.82) is 0 Å². The minimum absolute atomic E-state index is 0.0118. The molecule has 0 saturated heterocycles. The molecule has 5 nitrogen and oxygen atoms in total. The first-order valence-electron chi connectivity index (χ1n) is 7.13. The van der Waals surface area contributed by atoms with Crippen LogP contribution in [0.4, 0.5) is 0 Å². The molecule has 0 bridgehead atoms. The van der Waals surface area contributed by atoms with Gasteiger partial charge in [0.2, 0.25) is 5.91 Å². The van der Waals surface area contributed by atoms with Crippen molar-refractivity contribution in [3.8, 4) is 5.69 Å². The maximum absolute atomic E-state index is 12.0. The van der Waals surface area contributed by atoms with Gasteiger partial charge in [-0.25, -0.2) is 4.68 Å². The van der Waals surface area contributed by atoms with Gasteiger partial charge in [0, 0.05) is 23.8 Å². The van der Waals surface area contributed by atoms with Gasteiger partial charge < -0.3 is 11.1 Å². The normalized spacial score (nSPS) is 12.2. The summed E-state index contributed by atoms with van der Waals surface area (Å²) in [5.74, 6) is -0.0215. The van der Waals surface area contributed by atoms with E-state index >= 15 is 0 Å². The van der Waals surface area contributed by atoms with Gasteiger partial charge in [-0.3, -0.25) is 4.79 Å². The minimum Gasteiger partial charge on any atom is -0.352 e. The molecule has 0 aliphatic heterocycles. The van der Waals surface area contributed by atoms with Gasteiger partial charge >= 0.3 is 0 Å². The van der Waals surface area contributed by atoms with Crippen molar-refractivity contribution in [2.24, 2.45) is 5.73 Å². The van der Waals surface area contributed by atoms with Gasteiger partial charge in [0.1, 0.15) is 0 Å². The molecular formula is C16H22N4O. The van der Waals surface area contributed by atoms with E-state index in [4.69, 9.17) is 5.73 Å². The molecule has 5 heteroatoms. The molecule has 0 unspecified atom stereocenters. The zero-order chi connectivity index (χ0) is 15.4. The van der Waals surface area contributed by atoms with Crippen molar-refractivity contribution >= 4 is 5.91 Å². The van der Waals surface area contributed by atoms with Crippen LogP contribution in [0.3, 0.4) is 0 Å². The van der Waals surface area contributed by atoms with E-state index in [-0.39, 0.29) is 11.9 Å². The van der Waals surface area contributed by atoms with Crippen molar-refractivity contribution in [2.45, 2.75) is 33.2 Å². The monoisotopic (exact) mass is 286 g/mol. The molecule has 1 amide bonds. The number of nitrogens with two attached hydrogens (primary N) is 1. The molecule has 1 heterocycles. The van der Waals surface area contributed by atoms with Gasteiger partial charge in [-0.2, -0.15) is 5.10 Å². The van der Waals surface area contributed by atoms with Crippen molar-refractivity contribution in [3.63, 3.8) is 0 Å². The van der Waals surface area contributed by atoms with Crippen LogP contribution in [-0.2, 0) is 11.2 Å². The number of nitrogens with zero attached hydrogens (tertiary/aromatic N) is 2. The summed E-state index contributed by atoms with van der Waals surface area (Å²) < 4.78 is 1.88. The Kier molecular flexibility index (Phi) is 4.75. The number of nitrogens with one attached hydrogen (secondary N) is 1. The largest absolute Gasteiger partial charge is 0.352 e. The quantitative estimate of drug-likeness (QED) is 0.874. The summed E-state index contributed by atoms with van der Waals surface area (Å²) >= 11 is 0. The van der Waals surface area contributed by atoms with Crippen molar-refractivity contribution in [2.75, 3.05) is 6.54 Å². The van der Waals surface area contributed by atoms with E-state index in [1.165, 1.54) is 0 Å². The maximum Gasteiger partial charge on any atom is 0.224 e. The Morgan fingerprint density at radius 2 is 2.00 bits per heavy atom. The molecule has 3 N–H and O–H groups in total. The molecule has 0 radical (unpaired) electrons. The number of para-hydroxylation sites is 1. The predicted molar refractivity (Wildman–Crippen MR) is 83.4 cm³/mol. The topological polar surface area (TPSA) is 72.9 Å². The summed E-state index contributed by atoms with van der Waals surface area (Å²) in [4.78, 5) is 12.0. The SMILES string of the molecule is Cc1nn(-c2ccccc2)c(C)c1CC(=O)N[C@@H](C)CN. The molecule has 1 aromatic heterocycles. The second kappa shape index (κ2) is 6.54. The molecule has 0 saturated carbocycles. The van der Waals surface area contributed by atoms with E-state index in [1.54, 1.807) is 0 Å². The number of carbonyl (C=O) groups is 1. The standard InChI is InChI=1S/C16H22N4O/c1-11(10-17)18-16(21)9-15-12(2)19-20(13(15)3)14-7-5-4-6-8-14/h4-8,11H,9-10,17H2,1-3H3,(H,18,21)/t11-/m0/s1. The molecule has 0 aliphatic carbocycles. The third kappa shape index (κ3) is 3.49. The molecule has 0 fully saturated rings. The summed E-state index contributed by atoms with van der Waals surface area (Å²) in [6, 6.07) is 9.90. The van der Waals surface area contributed by atoms with E-state index in [9.17, 15) is 4.79 Å². The molecule has 2 rings (SSSR count). The molecule has 0 aliphatic rings. The highest BCUT2D eigenvalue weighted by atomic mass is 16.1. The van der Waals surface area contributed by atoms with Gasteiger partial charge in [-0.15, -0.1) is 0 Å². The molecule has 112 valence electrons. The van der Waals surface area contributed by atoms with Crippen molar-refractivity contribution in [1.82, 2.24) is 15.1 Å². The fourth-order valence-corrected chi connectivity index (χ4v) is 2.30. The maximum atomic E-state index is 12.0. The first-order valence-corrected chi connectivity index (χ1v) is 7.13. The van der Waals surface area contributed by atoms with Gasteiger partial charge in [0.25, 0.3) is 0 Å². The van der Waals surface area contributed by atoms with Crippen LogP contribution in [0.1, 0.15) is 23.9 Å². The van der Waals surface area contributed by atoms with Gasteiger partial charge in [0.05, 0.1) is 17.8 Å². The molecule has 21 heavy (non-hydrogen) atoms. The summed E-state index contributed by atoms with van der Waals surface area (Å²) in [7, 11) is 0. The van der Waals surface area contributed by atoms with Crippen LogP contribution >= 0.6 is 0 Å². The third-order valence-corrected chi connectivity index (χ3v) is 3.54. The highest BCUT2D eigenvalue weighted by Crippen LogP contribution is 2.18. The number of aromatic nitrogens is 2. The van der Waals surface area contributed by atoms with E-state index in [0.717, 1.165) is 22.6 Å². The lowest BCUT2D eigenvalue weighted by Gasteiger charge is -2.11. The van der Waals surface area contributed by atoms with Crippen LogP contribution in [0.2, 0.25) is 0 Å². The van der Waals surface area contributed by atoms with Crippen LogP contribution in [-0.4, -0.2) is 28.3 Å². The average Bonchev–Trinajstić information content (AvgIpc) is 2.76. The van der Waals surface area contributed by atoms with Crippen LogP contribution < -0.4 is 11.1 Å². The minimum atomic E-state index is -0.0215. The zero-order valence-electron chi connectivity index (χ0n) is 12.8.